The van der Waals surface area contributed by atoms with Gasteiger partial charge in [-0.2, -0.15) is 0 Å². The normalized spacial score (nSPS) is 19.3. The molecule has 2 N–H and O–H groups in total. The van der Waals surface area contributed by atoms with Crippen LogP contribution in [0.5, 0.6) is 5.75 Å². The van der Waals surface area contributed by atoms with Crippen molar-refractivity contribution in [3.8, 4) is 5.75 Å². The van der Waals surface area contributed by atoms with Crippen LogP contribution in [0.15, 0.2) is 54.1 Å². The van der Waals surface area contributed by atoms with E-state index in [0.717, 1.165) is 35.4 Å². The zero-order chi connectivity index (χ0) is 15.8. The number of amides is 2. The molecule has 1 heterocycles. The molecule has 0 unspecified atom stereocenters. The van der Waals surface area contributed by atoms with Crippen LogP contribution in [-0.4, -0.2) is 13.1 Å². The topological polar surface area (TPSA) is 50.4 Å². The number of urea groups is 1. The molecule has 0 aromatic heterocycles. The fraction of sp³-hybridized carbons (Fsp3) is 0.211. The van der Waals surface area contributed by atoms with Crippen molar-refractivity contribution in [1.82, 2.24) is 10.6 Å². The molecule has 2 aromatic rings. The standard InChI is InChI=1S/C19H18N2O2/c1-23-14-7-4-6-13(11-14)17-16-10-9-12-5-2-3-8-15(12)18(16)21-19(22)20-17/h2-8,11,17H,9-10H2,1H3,(H2,20,21,22)/t17-/m1/s1. The van der Waals surface area contributed by atoms with Crippen molar-refractivity contribution in [2.24, 2.45) is 0 Å². The minimum absolute atomic E-state index is 0.109. The van der Waals surface area contributed by atoms with Gasteiger partial charge in [0.05, 0.1) is 18.8 Å². The van der Waals surface area contributed by atoms with Gasteiger partial charge in [0.1, 0.15) is 5.75 Å². The predicted octanol–water partition coefficient (Wildman–Crippen LogP) is 3.41. The lowest BCUT2D eigenvalue weighted by Crippen LogP contribution is -2.44. The molecule has 4 rings (SSSR count). The third-order valence-corrected chi connectivity index (χ3v) is 4.56. The van der Waals surface area contributed by atoms with Crippen LogP contribution in [0.4, 0.5) is 4.79 Å². The van der Waals surface area contributed by atoms with Crippen LogP contribution in [0.25, 0.3) is 5.70 Å². The zero-order valence-corrected chi connectivity index (χ0v) is 12.9. The third-order valence-electron chi connectivity index (χ3n) is 4.56. The molecule has 1 aliphatic heterocycles. The Bertz CT molecular complexity index is 811. The van der Waals surface area contributed by atoms with Crippen LogP contribution >= 0.6 is 0 Å². The molecule has 116 valence electrons. The molecule has 4 nitrogen and oxygen atoms in total. The van der Waals surface area contributed by atoms with Gasteiger partial charge < -0.3 is 15.4 Å². The van der Waals surface area contributed by atoms with Gasteiger partial charge in [-0.1, -0.05) is 36.4 Å². The number of hydrogen-bond donors (Lipinski definition) is 2. The molecule has 0 radical (unpaired) electrons. The molecule has 0 saturated heterocycles. The number of aryl methyl sites for hydroxylation is 1. The van der Waals surface area contributed by atoms with Crippen LogP contribution in [0.3, 0.4) is 0 Å². The Labute approximate surface area is 135 Å². The molecule has 2 aromatic carbocycles. The summed E-state index contributed by atoms with van der Waals surface area (Å²) in [5, 5.41) is 6.05. The predicted molar refractivity (Wildman–Crippen MR) is 89.1 cm³/mol. The van der Waals surface area contributed by atoms with Crippen LogP contribution in [0, 0.1) is 0 Å². The molecule has 0 fully saturated rings. The first-order valence-electron chi connectivity index (χ1n) is 7.79. The average Bonchev–Trinajstić information content (AvgIpc) is 2.61. The summed E-state index contributed by atoms with van der Waals surface area (Å²) in [6.07, 6.45) is 1.93. The van der Waals surface area contributed by atoms with Crippen LogP contribution in [0.1, 0.15) is 29.2 Å². The van der Waals surface area contributed by atoms with Crippen LogP contribution < -0.4 is 15.4 Å². The Hall–Kier alpha value is -2.75. The second-order valence-electron chi connectivity index (χ2n) is 5.87. The first-order valence-corrected chi connectivity index (χ1v) is 7.79. The van der Waals surface area contributed by atoms with Crippen molar-refractivity contribution >= 4 is 11.7 Å². The number of carbonyl (C=O) groups is 1. The number of ether oxygens (including phenoxy) is 1. The summed E-state index contributed by atoms with van der Waals surface area (Å²) in [5.74, 6) is 0.800. The van der Waals surface area contributed by atoms with Gasteiger partial charge >= 0.3 is 6.03 Å². The second-order valence-corrected chi connectivity index (χ2v) is 5.87. The quantitative estimate of drug-likeness (QED) is 0.893. The fourth-order valence-corrected chi connectivity index (χ4v) is 3.46. The highest BCUT2D eigenvalue weighted by molar-refractivity contribution is 5.91. The van der Waals surface area contributed by atoms with Crippen LogP contribution in [0.2, 0.25) is 0 Å². The molecule has 23 heavy (non-hydrogen) atoms. The van der Waals surface area contributed by atoms with Crippen molar-refractivity contribution in [2.75, 3.05) is 7.11 Å². The van der Waals surface area contributed by atoms with Gasteiger partial charge in [-0.3, -0.25) is 0 Å². The van der Waals surface area contributed by atoms with E-state index >= 15 is 0 Å². The Morgan fingerprint density at radius 2 is 1.96 bits per heavy atom. The first kappa shape index (κ1) is 13.9. The van der Waals surface area contributed by atoms with Gasteiger partial charge in [0.15, 0.2) is 0 Å². The first-order chi connectivity index (χ1) is 11.3. The van der Waals surface area contributed by atoms with E-state index in [-0.39, 0.29) is 12.1 Å². The summed E-state index contributed by atoms with van der Waals surface area (Å²) >= 11 is 0. The molecule has 0 saturated carbocycles. The van der Waals surface area contributed by atoms with E-state index in [0.29, 0.717) is 0 Å². The van der Waals surface area contributed by atoms with E-state index in [2.05, 4.69) is 22.8 Å². The van der Waals surface area contributed by atoms with Crippen molar-refractivity contribution in [3.63, 3.8) is 0 Å². The number of methoxy groups -OCH3 is 1. The maximum Gasteiger partial charge on any atom is 0.319 e. The molecule has 0 bridgehead atoms. The third kappa shape index (κ3) is 2.36. The van der Waals surface area contributed by atoms with E-state index in [1.165, 1.54) is 11.1 Å². The summed E-state index contributed by atoms with van der Waals surface area (Å²) in [5.41, 5.74) is 5.67. The highest BCUT2D eigenvalue weighted by Crippen LogP contribution is 2.39. The van der Waals surface area contributed by atoms with Gasteiger partial charge in [-0.05, 0) is 41.7 Å². The largest absolute Gasteiger partial charge is 0.497 e. The summed E-state index contributed by atoms with van der Waals surface area (Å²) in [7, 11) is 1.65. The Morgan fingerprint density at radius 1 is 1.09 bits per heavy atom. The van der Waals surface area contributed by atoms with Crippen molar-refractivity contribution in [3.05, 3.63) is 70.8 Å². The lowest BCUT2D eigenvalue weighted by molar-refractivity contribution is 0.240. The van der Waals surface area contributed by atoms with Crippen molar-refractivity contribution < 1.29 is 9.53 Å². The number of rotatable bonds is 2. The summed E-state index contributed by atoms with van der Waals surface area (Å²) in [4.78, 5) is 12.2. The molecular formula is C19H18N2O2. The minimum Gasteiger partial charge on any atom is -0.497 e. The molecule has 0 spiro atoms. The number of nitrogens with one attached hydrogen (secondary N) is 2. The Morgan fingerprint density at radius 3 is 2.83 bits per heavy atom. The van der Waals surface area contributed by atoms with Gasteiger partial charge in [0.2, 0.25) is 0 Å². The lowest BCUT2D eigenvalue weighted by atomic mass is 9.83. The summed E-state index contributed by atoms with van der Waals surface area (Å²) in [6.45, 7) is 0. The number of benzene rings is 2. The minimum atomic E-state index is -0.159. The number of fused-ring (bicyclic) bond motifs is 2. The molecule has 4 heteroatoms. The fourth-order valence-electron chi connectivity index (χ4n) is 3.46. The Balaban J connectivity index is 1.83. The lowest BCUT2D eigenvalue weighted by Gasteiger charge is -2.34. The van der Waals surface area contributed by atoms with Crippen LogP contribution in [-0.2, 0) is 6.42 Å². The van der Waals surface area contributed by atoms with E-state index < -0.39 is 0 Å². The highest BCUT2D eigenvalue weighted by Gasteiger charge is 2.31. The second kappa shape index (κ2) is 5.47. The molecular weight excluding hydrogens is 288 g/mol. The molecule has 1 aliphatic carbocycles. The smallest absolute Gasteiger partial charge is 0.319 e. The monoisotopic (exact) mass is 306 g/mol. The van der Waals surface area contributed by atoms with E-state index in [1.807, 2.05) is 36.4 Å². The van der Waals surface area contributed by atoms with Gasteiger partial charge in [-0.25, -0.2) is 4.79 Å². The molecule has 2 amide bonds. The van der Waals surface area contributed by atoms with Gasteiger partial charge in [0, 0.05) is 5.56 Å². The van der Waals surface area contributed by atoms with Gasteiger partial charge in [-0.15, -0.1) is 0 Å². The van der Waals surface area contributed by atoms with Crippen molar-refractivity contribution in [1.29, 1.82) is 0 Å². The maximum absolute atomic E-state index is 12.2. The number of carbonyl (C=O) groups excluding carboxylic acids is 1. The SMILES string of the molecule is COc1cccc([C@H]2NC(=O)NC3=C2CCc2ccccc23)c1. The average molecular weight is 306 g/mol. The van der Waals surface area contributed by atoms with E-state index in [4.69, 9.17) is 4.74 Å². The highest BCUT2D eigenvalue weighted by atomic mass is 16.5. The molecule has 2 aliphatic rings. The molecule has 1 atom stereocenters. The zero-order valence-electron chi connectivity index (χ0n) is 12.9. The maximum atomic E-state index is 12.2. The van der Waals surface area contributed by atoms with E-state index in [1.54, 1.807) is 7.11 Å². The summed E-state index contributed by atoms with van der Waals surface area (Å²) < 4.78 is 5.32. The Kier molecular flexibility index (Phi) is 3.30. The van der Waals surface area contributed by atoms with E-state index in [9.17, 15) is 4.79 Å². The number of hydrogen-bond acceptors (Lipinski definition) is 2. The van der Waals surface area contributed by atoms with Gasteiger partial charge in [0.25, 0.3) is 0 Å². The summed E-state index contributed by atoms with van der Waals surface area (Å²) in [6, 6.07) is 15.9. The van der Waals surface area contributed by atoms with Crippen molar-refractivity contribution in [2.45, 2.75) is 18.9 Å².